The smallest absolute Gasteiger partial charge is 0.409 e. The van der Waals surface area contributed by atoms with E-state index in [9.17, 15) is 4.79 Å². The number of hydrogen-bond acceptors (Lipinski definition) is 5. The molecule has 0 aromatic carbocycles. The van der Waals surface area contributed by atoms with Crippen molar-refractivity contribution in [3.05, 3.63) is 18.2 Å². The zero-order chi connectivity index (χ0) is 18.9. The van der Waals surface area contributed by atoms with E-state index in [1.807, 2.05) is 28.8 Å². The standard InChI is InChI=1S/C20H29N5O2/c1-2-27-19(26)25-10-5-20(15-25)13-17(14-20)23-8-3-16(4-9-23)18-22-7-12-24(18)11-6-21/h7,12,16-17H,2-5,8-11,13-15H2,1H3. The number of nitrogens with zero attached hydrogens (tertiary/aromatic N) is 5. The Labute approximate surface area is 160 Å². The molecule has 1 saturated carbocycles. The number of carbonyl (C=O) groups is 1. The Morgan fingerprint density at radius 3 is 2.85 bits per heavy atom. The Kier molecular flexibility index (Phi) is 5.09. The largest absolute Gasteiger partial charge is 0.450 e. The van der Waals surface area contributed by atoms with Crippen LogP contribution in [0.15, 0.2) is 12.4 Å². The van der Waals surface area contributed by atoms with Gasteiger partial charge in [0.05, 0.1) is 12.7 Å². The molecule has 1 aromatic heterocycles. The fourth-order valence-corrected chi connectivity index (χ4v) is 5.25. The maximum absolute atomic E-state index is 11.9. The number of piperidine rings is 1. The van der Waals surface area contributed by atoms with Crippen LogP contribution in [-0.2, 0) is 11.3 Å². The van der Waals surface area contributed by atoms with Gasteiger partial charge in [0, 0.05) is 37.4 Å². The highest BCUT2D eigenvalue weighted by atomic mass is 16.6. The van der Waals surface area contributed by atoms with Gasteiger partial charge in [-0.1, -0.05) is 0 Å². The zero-order valence-electron chi connectivity index (χ0n) is 16.1. The summed E-state index contributed by atoms with van der Waals surface area (Å²) in [6.45, 7) is 6.61. The van der Waals surface area contributed by atoms with Crippen LogP contribution in [-0.4, -0.2) is 64.3 Å². The highest BCUT2D eigenvalue weighted by Gasteiger charge is 2.51. The normalized spacial score (nSPS) is 28.9. The highest BCUT2D eigenvalue weighted by Crippen LogP contribution is 2.51. The lowest BCUT2D eigenvalue weighted by molar-refractivity contribution is -0.00519. The number of nitriles is 1. The van der Waals surface area contributed by atoms with Crippen LogP contribution in [0.1, 0.15) is 50.8 Å². The van der Waals surface area contributed by atoms with Gasteiger partial charge in [0.25, 0.3) is 0 Å². The Bertz CT molecular complexity index is 710. The van der Waals surface area contributed by atoms with Crippen molar-refractivity contribution in [2.24, 2.45) is 5.41 Å². The molecule has 4 rings (SSSR count). The molecule has 3 fully saturated rings. The Hall–Kier alpha value is -2.07. The molecule has 0 radical (unpaired) electrons. The molecule has 1 aromatic rings. The van der Waals surface area contributed by atoms with Crippen molar-refractivity contribution in [1.29, 1.82) is 5.26 Å². The number of imidazole rings is 1. The van der Waals surface area contributed by atoms with Gasteiger partial charge >= 0.3 is 6.09 Å². The van der Waals surface area contributed by atoms with E-state index in [1.54, 1.807) is 0 Å². The predicted molar refractivity (Wildman–Crippen MR) is 100 cm³/mol. The van der Waals surface area contributed by atoms with Crippen molar-refractivity contribution >= 4 is 6.09 Å². The van der Waals surface area contributed by atoms with Crippen molar-refractivity contribution in [3.63, 3.8) is 0 Å². The minimum Gasteiger partial charge on any atom is -0.450 e. The number of hydrogen-bond donors (Lipinski definition) is 0. The molecule has 1 amide bonds. The summed E-state index contributed by atoms with van der Waals surface area (Å²) in [6, 6.07) is 2.88. The molecule has 0 atom stereocenters. The molecule has 1 spiro atoms. The van der Waals surface area contributed by atoms with Crippen molar-refractivity contribution in [2.45, 2.75) is 57.5 Å². The van der Waals surface area contributed by atoms with Crippen LogP contribution < -0.4 is 0 Å². The van der Waals surface area contributed by atoms with Crippen LogP contribution in [0.2, 0.25) is 0 Å². The van der Waals surface area contributed by atoms with Gasteiger partial charge in [-0.05, 0) is 57.5 Å². The third-order valence-electron chi connectivity index (χ3n) is 6.70. The van der Waals surface area contributed by atoms with E-state index in [-0.39, 0.29) is 6.09 Å². The fourth-order valence-electron chi connectivity index (χ4n) is 5.25. The van der Waals surface area contributed by atoms with Crippen molar-refractivity contribution in [1.82, 2.24) is 19.4 Å². The lowest BCUT2D eigenvalue weighted by atomic mass is 9.64. The summed E-state index contributed by atoms with van der Waals surface area (Å²) >= 11 is 0. The predicted octanol–water partition coefficient (Wildman–Crippen LogP) is 2.60. The van der Waals surface area contributed by atoms with E-state index in [4.69, 9.17) is 10.00 Å². The number of amides is 1. The summed E-state index contributed by atoms with van der Waals surface area (Å²) in [5.74, 6) is 1.53. The SMILES string of the molecule is CCOC(=O)N1CCC2(CC(N3CCC(c4nccn4CC#N)CC3)C2)C1. The lowest BCUT2D eigenvalue weighted by Gasteiger charge is -2.51. The summed E-state index contributed by atoms with van der Waals surface area (Å²) in [5, 5.41) is 8.96. The van der Waals surface area contributed by atoms with Gasteiger partial charge in [-0.25, -0.2) is 9.78 Å². The number of rotatable bonds is 4. The summed E-state index contributed by atoms with van der Waals surface area (Å²) in [7, 11) is 0. The molecular formula is C20H29N5O2. The van der Waals surface area contributed by atoms with Gasteiger partial charge in [0.1, 0.15) is 12.4 Å². The van der Waals surface area contributed by atoms with E-state index in [0.717, 1.165) is 51.3 Å². The second-order valence-electron chi connectivity index (χ2n) is 8.31. The average Bonchev–Trinajstić information content (AvgIpc) is 3.29. The monoisotopic (exact) mass is 371 g/mol. The zero-order valence-corrected chi connectivity index (χ0v) is 16.1. The molecule has 2 saturated heterocycles. The average molecular weight is 371 g/mol. The molecule has 2 aliphatic heterocycles. The summed E-state index contributed by atoms with van der Waals surface area (Å²) < 4.78 is 7.14. The number of ether oxygens (including phenoxy) is 1. The van der Waals surface area contributed by atoms with Gasteiger partial charge in [0.15, 0.2) is 0 Å². The maximum atomic E-state index is 11.9. The first-order valence-corrected chi connectivity index (χ1v) is 10.2. The van der Waals surface area contributed by atoms with Gasteiger partial charge in [-0.3, -0.25) is 0 Å². The van der Waals surface area contributed by atoms with E-state index >= 15 is 0 Å². The molecule has 3 heterocycles. The molecular weight excluding hydrogens is 342 g/mol. The molecule has 0 unspecified atom stereocenters. The van der Waals surface area contributed by atoms with E-state index in [2.05, 4.69) is 16.0 Å². The second kappa shape index (κ2) is 7.51. The Morgan fingerprint density at radius 1 is 1.37 bits per heavy atom. The quantitative estimate of drug-likeness (QED) is 0.813. The first-order valence-electron chi connectivity index (χ1n) is 10.2. The Balaban J connectivity index is 1.26. The maximum Gasteiger partial charge on any atom is 0.409 e. The van der Waals surface area contributed by atoms with Gasteiger partial charge < -0.3 is 19.1 Å². The molecule has 1 aliphatic carbocycles. The van der Waals surface area contributed by atoms with Crippen molar-refractivity contribution < 1.29 is 9.53 Å². The van der Waals surface area contributed by atoms with Gasteiger partial charge in [0.2, 0.25) is 0 Å². The van der Waals surface area contributed by atoms with E-state index < -0.39 is 0 Å². The molecule has 0 N–H and O–H groups in total. The van der Waals surface area contributed by atoms with Crippen LogP contribution in [0.3, 0.4) is 0 Å². The minimum atomic E-state index is -0.147. The van der Waals surface area contributed by atoms with Gasteiger partial charge in [-0.15, -0.1) is 0 Å². The molecule has 27 heavy (non-hydrogen) atoms. The van der Waals surface area contributed by atoms with E-state index in [1.165, 1.54) is 12.8 Å². The molecule has 0 bridgehead atoms. The molecule has 146 valence electrons. The topological polar surface area (TPSA) is 74.4 Å². The van der Waals surface area contributed by atoms with Crippen molar-refractivity contribution in [3.8, 4) is 6.07 Å². The first-order chi connectivity index (χ1) is 13.1. The molecule has 7 nitrogen and oxygen atoms in total. The molecule has 3 aliphatic rings. The van der Waals surface area contributed by atoms with Crippen LogP contribution in [0.25, 0.3) is 0 Å². The number of likely N-dealkylation sites (tertiary alicyclic amines) is 2. The van der Waals surface area contributed by atoms with Crippen LogP contribution in [0.4, 0.5) is 4.79 Å². The minimum absolute atomic E-state index is 0.147. The lowest BCUT2D eigenvalue weighted by Crippen LogP contribution is -2.54. The summed E-state index contributed by atoms with van der Waals surface area (Å²) in [6.07, 6.45) is 9.33. The third-order valence-corrected chi connectivity index (χ3v) is 6.70. The van der Waals surface area contributed by atoms with Crippen LogP contribution in [0.5, 0.6) is 0 Å². The van der Waals surface area contributed by atoms with E-state index in [0.29, 0.717) is 30.5 Å². The molecule has 7 heteroatoms. The Morgan fingerprint density at radius 2 is 2.15 bits per heavy atom. The van der Waals surface area contributed by atoms with Crippen LogP contribution >= 0.6 is 0 Å². The summed E-state index contributed by atoms with van der Waals surface area (Å²) in [4.78, 5) is 21.0. The fraction of sp³-hybridized carbons (Fsp3) is 0.750. The van der Waals surface area contributed by atoms with Gasteiger partial charge in [-0.2, -0.15) is 5.26 Å². The first kappa shape index (κ1) is 18.3. The second-order valence-corrected chi connectivity index (χ2v) is 8.31. The van der Waals surface area contributed by atoms with Crippen molar-refractivity contribution in [2.75, 3.05) is 32.8 Å². The highest BCUT2D eigenvalue weighted by molar-refractivity contribution is 5.68. The number of carbonyl (C=O) groups excluding carboxylic acids is 1. The van der Waals surface area contributed by atoms with Crippen LogP contribution in [0, 0.1) is 16.7 Å². The summed E-state index contributed by atoms with van der Waals surface area (Å²) in [5.41, 5.74) is 0.331. The number of aromatic nitrogens is 2. The third kappa shape index (κ3) is 3.55.